The second kappa shape index (κ2) is 7.84. The van der Waals surface area contributed by atoms with Crippen molar-refractivity contribution in [3.8, 4) is 16.8 Å². The maximum absolute atomic E-state index is 13.1. The SMILES string of the molecule is Cc1ccccc1-n1nc2c(c1NC(=O)c1ccc(-c3ccccc3)cc1)CSC2. The number of aromatic nitrogens is 2. The van der Waals surface area contributed by atoms with Crippen LogP contribution in [0.1, 0.15) is 27.2 Å². The van der Waals surface area contributed by atoms with E-state index in [1.165, 1.54) is 0 Å². The lowest BCUT2D eigenvalue weighted by molar-refractivity contribution is 0.102. The van der Waals surface area contributed by atoms with Gasteiger partial charge in [-0.1, -0.05) is 60.7 Å². The van der Waals surface area contributed by atoms with Crippen molar-refractivity contribution in [3.63, 3.8) is 0 Å². The van der Waals surface area contributed by atoms with E-state index in [1.54, 1.807) is 0 Å². The number of hydrogen-bond donors (Lipinski definition) is 1. The van der Waals surface area contributed by atoms with E-state index in [0.717, 1.165) is 51.0 Å². The van der Waals surface area contributed by atoms with Gasteiger partial charge in [0.2, 0.25) is 0 Å². The van der Waals surface area contributed by atoms with Gasteiger partial charge in [0.25, 0.3) is 5.91 Å². The van der Waals surface area contributed by atoms with E-state index in [0.29, 0.717) is 5.56 Å². The first-order valence-electron chi connectivity index (χ1n) is 9.92. The smallest absolute Gasteiger partial charge is 0.256 e. The Morgan fingerprint density at radius 3 is 2.37 bits per heavy atom. The number of nitrogens with one attached hydrogen (secondary N) is 1. The Morgan fingerprint density at radius 1 is 0.900 bits per heavy atom. The lowest BCUT2D eigenvalue weighted by atomic mass is 10.0. The number of thioether (sulfide) groups is 1. The van der Waals surface area contributed by atoms with Crippen LogP contribution in [0.5, 0.6) is 0 Å². The molecule has 1 aromatic heterocycles. The first-order valence-corrected chi connectivity index (χ1v) is 11.1. The molecule has 0 aliphatic carbocycles. The van der Waals surface area contributed by atoms with Gasteiger partial charge in [-0.05, 0) is 41.8 Å². The van der Waals surface area contributed by atoms with Gasteiger partial charge in [0, 0.05) is 22.6 Å². The van der Waals surface area contributed by atoms with Gasteiger partial charge in [-0.2, -0.15) is 16.9 Å². The summed E-state index contributed by atoms with van der Waals surface area (Å²) in [6.45, 7) is 2.06. The van der Waals surface area contributed by atoms with E-state index in [1.807, 2.05) is 77.1 Å². The topological polar surface area (TPSA) is 46.9 Å². The van der Waals surface area contributed by atoms with Gasteiger partial charge in [-0.15, -0.1) is 0 Å². The van der Waals surface area contributed by atoms with Crippen LogP contribution in [0.2, 0.25) is 0 Å². The molecule has 148 valence electrons. The van der Waals surface area contributed by atoms with Crippen LogP contribution in [0.25, 0.3) is 16.8 Å². The highest BCUT2D eigenvalue weighted by Gasteiger charge is 2.25. The van der Waals surface area contributed by atoms with Crippen LogP contribution in [0.15, 0.2) is 78.9 Å². The monoisotopic (exact) mass is 411 g/mol. The first-order chi connectivity index (χ1) is 14.7. The molecule has 4 nitrogen and oxygen atoms in total. The molecule has 0 atom stereocenters. The predicted molar refractivity (Wildman–Crippen MR) is 123 cm³/mol. The molecule has 0 radical (unpaired) electrons. The van der Waals surface area contributed by atoms with Crippen LogP contribution < -0.4 is 5.32 Å². The zero-order chi connectivity index (χ0) is 20.5. The molecule has 4 aromatic rings. The van der Waals surface area contributed by atoms with Crippen molar-refractivity contribution in [2.75, 3.05) is 5.32 Å². The average molecular weight is 412 g/mol. The number of anilines is 1. The Bertz CT molecular complexity index is 1210. The Labute approximate surface area is 179 Å². The fourth-order valence-corrected chi connectivity index (χ4v) is 4.78. The number of carbonyl (C=O) groups is 1. The quantitative estimate of drug-likeness (QED) is 0.458. The molecule has 0 fully saturated rings. The van der Waals surface area contributed by atoms with Gasteiger partial charge in [0.05, 0.1) is 11.4 Å². The third kappa shape index (κ3) is 3.42. The van der Waals surface area contributed by atoms with Crippen LogP contribution in [0.4, 0.5) is 5.82 Å². The highest BCUT2D eigenvalue weighted by atomic mass is 32.2. The Balaban J connectivity index is 1.46. The van der Waals surface area contributed by atoms with E-state index in [4.69, 9.17) is 5.10 Å². The van der Waals surface area contributed by atoms with Crippen LogP contribution in [0.3, 0.4) is 0 Å². The number of fused-ring (bicyclic) bond motifs is 1. The number of para-hydroxylation sites is 1. The lowest BCUT2D eigenvalue weighted by Gasteiger charge is -2.13. The largest absolute Gasteiger partial charge is 0.306 e. The summed E-state index contributed by atoms with van der Waals surface area (Å²) in [6, 6.07) is 26.0. The molecule has 1 aliphatic heterocycles. The summed E-state index contributed by atoms with van der Waals surface area (Å²) in [7, 11) is 0. The number of aryl methyl sites for hydroxylation is 1. The molecule has 3 aromatic carbocycles. The molecule has 5 rings (SSSR count). The van der Waals surface area contributed by atoms with Gasteiger partial charge >= 0.3 is 0 Å². The van der Waals surface area contributed by atoms with Crippen molar-refractivity contribution in [1.29, 1.82) is 0 Å². The summed E-state index contributed by atoms with van der Waals surface area (Å²) in [5.74, 6) is 2.40. The molecule has 30 heavy (non-hydrogen) atoms. The van der Waals surface area contributed by atoms with Gasteiger partial charge in [0.1, 0.15) is 5.82 Å². The molecule has 0 saturated carbocycles. The van der Waals surface area contributed by atoms with Crippen LogP contribution in [0, 0.1) is 6.92 Å². The number of carbonyl (C=O) groups excluding carboxylic acids is 1. The number of hydrogen-bond acceptors (Lipinski definition) is 3. The molecule has 0 saturated heterocycles. The highest BCUT2D eigenvalue weighted by molar-refractivity contribution is 7.98. The summed E-state index contributed by atoms with van der Waals surface area (Å²) in [4.78, 5) is 13.1. The average Bonchev–Trinajstić information content (AvgIpc) is 3.37. The normalized spacial score (nSPS) is 12.6. The minimum absolute atomic E-state index is 0.121. The number of amides is 1. The van der Waals surface area contributed by atoms with Crippen LogP contribution >= 0.6 is 11.8 Å². The van der Waals surface area contributed by atoms with Crippen molar-refractivity contribution in [3.05, 3.63) is 101 Å². The molecule has 0 spiro atoms. The van der Waals surface area contributed by atoms with Gasteiger partial charge < -0.3 is 5.32 Å². The van der Waals surface area contributed by atoms with Crippen molar-refractivity contribution in [1.82, 2.24) is 9.78 Å². The minimum atomic E-state index is -0.121. The van der Waals surface area contributed by atoms with Crippen molar-refractivity contribution < 1.29 is 4.79 Å². The number of rotatable bonds is 4. The lowest BCUT2D eigenvalue weighted by Crippen LogP contribution is -2.16. The Hall–Kier alpha value is -3.31. The molecule has 1 N–H and O–H groups in total. The van der Waals surface area contributed by atoms with Crippen molar-refractivity contribution in [2.45, 2.75) is 18.4 Å². The predicted octanol–water partition coefficient (Wildman–Crippen LogP) is 5.85. The molecule has 0 unspecified atom stereocenters. The summed E-state index contributed by atoms with van der Waals surface area (Å²) in [5.41, 5.74) is 7.15. The zero-order valence-corrected chi connectivity index (χ0v) is 17.4. The molecule has 1 aliphatic rings. The Kier molecular flexibility index (Phi) is 4.89. The second-order valence-corrected chi connectivity index (χ2v) is 8.35. The summed E-state index contributed by atoms with van der Waals surface area (Å²) >= 11 is 1.83. The van der Waals surface area contributed by atoms with Crippen LogP contribution in [-0.4, -0.2) is 15.7 Å². The Morgan fingerprint density at radius 2 is 1.60 bits per heavy atom. The molecule has 1 amide bonds. The molecular weight excluding hydrogens is 390 g/mol. The van der Waals surface area contributed by atoms with E-state index < -0.39 is 0 Å². The molecule has 0 bridgehead atoms. The van der Waals surface area contributed by atoms with Crippen LogP contribution in [-0.2, 0) is 11.5 Å². The highest BCUT2D eigenvalue weighted by Crippen LogP contribution is 2.36. The van der Waals surface area contributed by atoms with E-state index in [-0.39, 0.29) is 5.91 Å². The van der Waals surface area contributed by atoms with E-state index in [9.17, 15) is 4.79 Å². The fraction of sp³-hybridized carbons (Fsp3) is 0.120. The fourth-order valence-electron chi connectivity index (χ4n) is 3.74. The summed E-state index contributed by atoms with van der Waals surface area (Å²) < 4.78 is 1.88. The molecular formula is C25H21N3OS. The van der Waals surface area contributed by atoms with Crippen molar-refractivity contribution >= 4 is 23.5 Å². The maximum atomic E-state index is 13.1. The van der Waals surface area contributed by atoms with Gasteiger partial charge in [0.15, 0.2) is 0 Å². The van der Waals surface area contributed by atoms with Crippen molar-refractivity contribution in [2.24, 2.45) is 0 Å². The summed E-state index contributed by atoms with van der Waals surface area (Å²) in [5, 5.41) is 7.94. The minimum Gasteiger partial charge on any atom is -0.306 e. The van der Waals surface area contributed by atoms with E-state index >= 15 is 0 Å². The standard InChI is InChI=1S/C25H21N3OS/c1-17-7-5-6-10-23(17)28-24(21-15-30-16-22(21)27-28)26-25(29)20-13-11-19(12-14-20)18-8-3-2-4-9-18/h2-14H,15-16H2,1H3,(H,26,29). The van der Waals surface area contributed by atoms with Gasteiger partial charge in [-0.25, -0.2) is 4.68 Å². The number of benzene rings is 3. The summed E-state index contributed by atoms with van der Waals surface area (Å²) in [6.07, 6.45) is 0. The zero-order valence-electron chi connectivity index (χ0n) is 16.6. The first kappa shape index (κ1) is 18.7. The third-order valence-electron chi connectivity index (χ3n) is 5.38. The third-order valence-corrected chi connectivity index (χ3v) is 6.35. The maximum Gasteiger partial charge on any atom is 0.256 e. The van der Waals surface area contributed by atoms with E-state index in [2.05, 4.69) is 30.4 Å². The molecule has 2 heterocycles. The molecule has 5 heteroatoms. The number of nitrogens with zero attached hydrogens (tertiary/aromatic N) is 2. The van der Waals surface area contributed by atoms with Gasteiger partial charge in [-0.3, -0.25) is 4.79 Å². The second-order valence-electron chi connectivity index (χ2n) is 7.36.